The van der Waals surface area contributed by atoms with Gasteiger partial charge in [0.2, 0.25) is 0 Å². The van der Waals surface area contributed by atoms with Crippen LogP contribution in [-0.2, 0) is 20.9 Å². The van der Waals surface area contributed by atoms with Crippen LogP contribution < -0.4 is 0 Å². The van der Waals surface area contributed by atoms with Crippen molar-refractivity contribution in [2.24, 2.45) is 9.50 Å². The predicted molar refractivity (Wildman–Crippen MR) is 92.0 cm³/mol. The zero-order valence-electron chi connectivity index (χ0n) is 14.6. The SMILES string of the molecule is CC(=N[S+]([O-])C(C)(C)C)c1nccnc1C1=NN(C)C(=O)C(C)O1. The molecule has 0 saturated carbocycles. The highest BCUT2D eigenvalue weighted by molar-refractivity contribution is 7.91. The molecular formula is C15H21N5O3S. The molecule has 0 N–H and O–H groups in total. The molecular weight excluding hydrogens is 330 g/mol. The molecule has 1 amide bonds. The molecule has 2 heterocycles. The molecule has 2 unspecified atom stereocenters. The molecule has 0 spiro atoms. The quantitative estimate of drug-likeness (QED) is 0.603. The lowest BCUT2D eigenvalue weighted by Gasteiger charge is -2.25. The van der Waals surface area contributed by atoms with Crippen molar-refractivity contribution in [2.75, 3.05) is 7.05 Å². The molecule has 1 aromatic heterocycles. The zero-order valence-corrected chi connectivity index (χ0v) is 15.4. The van der Waals surface area contributed by atoms with Gasteiger partial charge >= 0.3 is 0 Å². The summed E-state index contributed by atoms with van der Waals surface area (Å²) in [5.41, 5.74) is 1.24. The number of likely N-dealkylation sites (N-methyl/N-ethyl adjacent to an activating group) is 1. The summed E-state index contributed by atoms with van der Waals surface area (Å²) in [4.78, 5) is 20.3. The van der Waals surface area contributed by atoms with Gasteiger partial charge in [-0.3, -0.25) is 9.78 Å². The summed E-state index contributed by atoms with van der Waals surface area (Å²) >= 11 is -1.43. The highest BCUT2D eigenvalue weighted by Gasteiger charge is 2.31. The molecule has 8 nitrogen and oxygen atoms in total. The normalized spacial score (nSPS) is 20.5. The minimum absolute atomic E-state index is 0.184. The molecule has 2 rings (SSSR count). The molecule has 130 valence electrons. The van der Waals surface area contributed by atoms with Crippen molar-refractivity contribution >= 4 is 28.9 Å². The van der Waals surface area contributed by atoms with Crippen LogP contribution in [0.5, 0.6) is 0 Å². The Bertz CT molecular complexity index is 699. The third-order valence-electron chi connectivity index (χ3n) is 3.18. The van der Waals surface area contributed by atoms with Gasteiger partial charge in [0, 0.05) is 19.4 Å². The Morgan fingerprint density at radius 1 is 1.38 bits per heavy atom. The van der Waals surface area contributed by atoms with Crippen LogP contribution in [0, 0.1) is 0 Å². The number of amides is 1. The van der Waals surface area contributed by atoms with E-state index in [4.69, 9.17) is 4.74 Å². The summed E-state index contributed by atoms with van der Waals surface area (Å²) in [7, 11) is 1.55. The monoisotopic (exact) mass is 351 g/mol. The van der Waals surface area contributed by atoms with Gasteiger partial charge in [-0.25, -0.2) is 9.99 Å². The summed E-state index contributed by atoms with van der Waals surface area (Å²) in [6.45, 7) is 8.87. The van der Waals surface area contributed by atoms with Gasteiger partial charge in [-0.2, -0.15) is 0 Å². The van der Waals surface area contributed by atoms with Gasteiger partial charge in [0.15, 0.2) is 11.8 Å². The molecule has 0 fully saturated rings. The van der Waals surface area contributed by atoms with Crippen molar-refractivity contribution in [3.8, 4) is 0 Å². The van der Waals surface area contributed by atoms with Gasteiger partial charge in [-0.05, 0) is 34.6 Å². The number of hydrogen-bond acceptors (Lipinski definition) is 7. The first-order chi connectivity index (χ1) is 11.1. The molecule has 1 aromatic rings. The second-order valence-electron chi connectivity index (χ2n) is 6.32. The number of aromatic nitrogens is 2. The summed E-state index contributed by atoms with van der Waals surface area (Å²) in [6.07, 6.45) is 2.35. The van der Waals surface area contributed by atoms with Crippen LogP contribution in [0.2, 0.25) is 0 Å². The Hall–Kier alpha value is -2.00. The Labute approximate surface area is 144 Å². The summed E-state index contributed by atoms with van der Waals surface area (Å²) in [6, 6.07) is 0. The number of nitrogens with zero attached hydrogens (tertiary/aromatic N) is 5. The first kappa shape index (κ1) is 18.3. The minimum atomic E-state index is -1.43. The Morgan fingerprint density at radius 3 is 2.58 bits per heavy atom. The molecule has 0 radical (unpaired) electrons. The molecule has 0 aromatic carbocycles. The van der Waals surface area contributed by atoms with E-state index in [0.29, 0.717) is 17.1 Å². The van der Waals surface area contributed by atoms with Gasteiger partial charge in [0.25, 0.3) is 11.8 Å². The molecule has 1 aliphatic heterocycles. The fourth-order valence-corrected chi connectivity index (χ4v) is 2.47. The van der Waals surface area contributed by atoms with Gasteiger partial charge in [0.05, 0.1) is 0 Å². The lowest BCUT2D eigenvalue weighted by molar-refractivity contribution is -0.139. The molecule has 0 aliphatic carbocycles. The summed E-state index contributed by atoms with van der Waals surface area (Å²) < 4.78 is 21.5. The van der Waals surface area contributed by atoms with Gasteiger partial charge < -0.3 is 9.29 Å². The van der Waals surface area contributed by atoms with E-state index in [1.807, 2.05) is 20.8 Å². The fraction of sp³-hybridized carbons (Fsp3) is 0.533. The van der Waals surface area contributed by atoms with Crippen LogP contribution >= 0.6 is 0 Å². The van der Waals surface area contributed by atoms with E-state index in [-0.39, 0.29) is 11.8 Å². The average Bonchev–Trinajstić information content (AvgIpc) is 2.51. The molecule has 9 heteroatoms. The molecule has 2 atom stereocenters. The largest absolute Gasteiger partial charge is 0.591 e. The summed E-state index contributed by atoms with van der Waals surface area (Å²) in [5.74, 6) is -0.0628. The van der Waals surface area contributed by atoms with Crippen molar-refractivity contribution in [1.29, 1.82) is 0 Å². The van der Waals surface area contributed by atoms with E-state index in [0.717, 1.165) is 0 Å². The molecule has 1 aliphatic rings. The molecule has 0 bridgehead atoms. The Morgan fingerprint density at radius 2 is 2.00 bits per heavy atom. The van der Waals surface area contributed by atoms with E-state index in [1.165, 1.54) is 17.4 Å². The second kappa shape index (κ2) is 6.86. The summed E-state index contributed by atoms with van der Waals surface area (Å²) in [5, 5.41) is 5.31. The van der Waals surface area contributed by atoms with Crippen molar-refractivity contribution in [1.82, 2.24) is 15.0 Å². The number of carbonyl (C=O) groups is 1. The number of carbonyl (C=O) groups excluding carboxylic acids is 1. The number of hydrogen-bond donors (Lipinski definition) is 0. The van der Waals surface area contributed by atoms with Crippen LogP contribution in [0.3, 0.4) is 0 Å². The maximum absolute atomic E-state index is 12.2. The van der Waals surface area contributed by atoms with Crippen LogP contribution in [-0.4, -0.2) is 54.9 Å². The highest BCUT2D eigenvalue weighted by atomic mass is 32.2. The lowest BCUT2D eigenvalue weighted by Crippen LogP contribution is -2.41. The van der Waals surface area contributed by atoms with E-state index < -0.39 is 22.2 Å². The predicted octanol–water partition coefficient (Wildman–Crippen LogP) is 1.29. The van der Waals surface area contributed by atoms with Gasteiger partial charge in [-0.1, -0.05) is 4.40 Å². The van der Waals surface area contributed by atoms with E-state index in [2.05, 4.69) is 19.5 Å². The molecule has 24 heavy (non-hydrogen) atoms. The topological polar surface area (TPSA) is 103 Å². The maximum Gasteiger partial charge on any atom is 0.283 e. The Kier molecular flexibility index (Phi) is 5.24. The van der Waals surface area contributed by atoms with E-state index in [1.54, 1.807) is 20.9 Å². The minimum Gasteiger partial charge on any atom is -0.591 e. The van der Waals surface area contributed by atoms with Crippen molar-refractivity contribution in [2.45, 2.75) is 45.5 Å². The van der Waals surface area contributed by atoms with Gasteiger partial charge in [-0.15, -0.1) is 5.10 Å². The zero-order chi connectivity index (χ0) is 18.1. The van der Waals surface area contributed by atoms with E-state index >= 15 is 0 Å². The fourth-order valence-electron chi connectivity index (χ4n) is 1.86. The Balaban J connectivity index is 2.43. The first-order valence-corrected chi connectivity index (χ1v) is 8.54. The molecule has 0 saturated heterocycles. The van der Waals surface area contributed by atoms with Crippen molar-refractivity contribution < 1.29 is 14.1 Å². The number of rotatable bonds is 3. The van der Waals surface area contributed by atoms with Crippen LogP contribution in [0.25, 0.3) is 0 Å². The van der Waals surface area contributed by atoms with Crippen LogP contribution in [0.1, 0.15) is 46.0 Å². The van der Waals surface area contributed by atoms with Crippen LogP contribution in [0.4, 0.5) is 0 Å². The first-order valence-electron chi connectivity index (χ1n) is 7.43. The van der Waals surface area contributed by atoms with Crippen LogP contribution in [0.15, 0.2) is 21.9 Å². The number of hydrazone groups is 1. The highest BCUT2D eigenvalue weighted by Crippen LogP contribution is 2.19. The third-order valence-corrected chi connectivity index (χ3v) is 4.67. The third kappa shape index (κ3) is 3.90. The standard InChI is InChI=1S/C15H21N5O3S/c1-9(19-24(22)15(3,4)5)11-12(17-8-7-16-11)13-18-20(6)14(21)10(2)23-13/h7-8,10H,1-6H3. The average molecular weight is 351 g/mol. The van der Waals surface area contributed by atoms with Gasteiger partial charge in [0.1, 0.15) is 27.5 Å². The maximum atomic E-state index is 12.2. The van der Waals surface area contributed by atoms with Crippen molar-refractivity contribution in [3.05, 3.63) is 23.8 Å². The number of ether oxygens (including phenoxy) is 1. The van der Waals surface area contributed by atoms with E-state index in [9.17, 15) is 9.35 Å². The smallest absolute Gasteiger partial charge is 0.283 e. The van der Waals surface area contributed by atoms with Crippen molar-refractivity contribution in [3.63, 3.8) is 0 Å². The second-order valence-corrected chi connectivity index (χ2v) is 8.22. The lowest BCUT2D eigenvalue weighted by atomic mass is 10.2.